The molecule has 0 radical (unpaired) electrons. The zero-order valence-corrected chi connectivity index (χ0v) is 11.6. The third-order valence-corrected chi connectivity index (χ3v) is 3.48. The zero-order valence-electron chi connectivity index (χ0n) is 10.0. The number of hydrogen-bond donors (Lipinski definition) is 1. The van der Waals surface area contributed by atoms with Crippen LogP contribution in [0, 0.1) is 11.6 Å². The molecule has 1 unspecified atom stereocenters. The van der Waals surface area contributed by atoms with E-state index in [1.165, 1.54) is 6.07 Å². The van der Waals surface area contributed by atoms with Crippen molar-refractivity contribution < 1.29 is 13.5 Å². The summed E-state index contributed by atoms with van der Waals surface area (Å²) in [5.41, 5.74) is 0.272. The first kappa shape index (κ1) is 13.7. The molecule has 0 amide bonds. The van der Waals surface area contributed by atoms with Gasteiger partial charge in [-0.3, -0.25) is 0 Å². The monoisotopic (exact) mass is 320 g/mol. The maximum absolute atomic E-state index is 13.6. The number of nitrogens with one attached hydrogen (secondary N) is 1. The Labute approximate surface area is 113 Å². The minimum absolute atomic E-state index is 0.0140. The Morgan fingerprint density at radius 1 is 1.50 bits per heavy atom. The van der Waals surface area contributed by atoms with Gasteiger partial charge in [0.1, 0.15) is 11.6 Å². The molecule has 1 aromatic rings. The van der Waals surface area contributed by atoms with Gasteiger partial charge < -0.3 is 15.0 Å². The summed E-state index contributed by atoms with van der Waals surface area (Å²) in [6.45, 7) is 2.87. The molecule has 3 nitrogen and oxygen atoms in total. The van der Waals surface area contributed by atoms with Crippen molar-refractivity contribution in [1.82, 2.24) is 4.90 Å². The van der Waals surface area contributed by atoms with E-state index in [0.29, 0.717) is 17.6 Å². The summed E-state index contributed by atoms with van der Waals surface area (Å²) in [7, 11) is 2.02. The predicted molar refractivity (Wildman–Crippen MR) is 69.8 cm³/mol. The van der Waals surface area contributed by atoms with Gasteiger partial charge in [-0.05, 0) is 29.0 Å². The normalized spacial score (nSPS) is 21.0. The highest BCUT2D eigenvalue weighted by Crippen LogP contribution is 2.26. The molecule has 18 heavy (non-hydrogen) atoms. The van der Waals surface area contributed by atoms with Gasteiger partial charge in [0, 0.05) is 30.2 Å². The first-order valence-electron chi connectivity index (χ1n) is 5.75. The lowest BCUT2D eigenvalue weighted by molar-refractivity contribution is -0.0117. The van der Waals surface area contributed by atoms with Crippen molar-refractivity contribution in [3.63, 3.8) is 0 Å². The second kappa shape index (κ2) is 5.95. The average Bonchev–Trinajstić information content (AvgIpc) is 2.27. The molecule has 6 heteroatoms. The quantitative estimate of drug-likeness (QED) is 0.926. The SMILES string of the molecule is CN1CCOC(CNc2c(F)cc(F)cc2Br)C1. The largest absolute Gasteiger partial charge is 0.379 e. The molecule has 0 spiro atoms. The Balaban J connectivity index is 1.97. The van der Waals surface area contributed by atoms with Gasteiger partial charge in [-0.15, -0.1) is 0 Å². The average molecular weight is 321 g/mol. The van der Waals surface area contributed by atoms with E-state index in [9.17, 15) is 8.78 Å². The van der Waals surface area contributed by atoms with Crippen LogP contribution in [0.5, 0.6) is 0 Å². The fourth-order valence-corrected chi connectivity index (χ4v) is 2.47. The number of morpholine rings is 1. The standard InChI is InChI=1S/C12H15BrF2N2O/c1-17-2-3-18-9(7-17)6-16-12-10(13)4-8(14)5-11(12)15/h4-5,9,16H,2-3,6-7H2,1H3. The molecule has 0 saturated carbocycles. The van der Waals surface area contributed by atoms with Crippen molar-refractivity contribution in [2.24, 2.45) is 0 Å². The lowest BCUT2D eigenvalue weighted by atomic mass is 10.2. The maximum atomic E-state index is 13.6. The van der Waals surface area contributed by atoms with Gasteiger partial charge in [0.2, 0.25) is 0 Å². The Bertz CT molecular complexity index is 408. The van der Waals surface area contributed by atoms with Crippen LogP contribution in [0.2, 0.25) is 0 Å². The molecule has 1 saturated heterocycles. The second-order valence-corrected chi connectivity index (χ2v) is 5.23. The van der Waals surface area contributed by atoms with Crippen LogP contribution in [0.15, 0.2) is 16.6 Å². The van der Waals surface area contributed by atoms with Crippen molar-refractivity contribution in [2.45, 2.75) is 6.10 Å². The van der Waals surface area contributed by atoms with Crippen molar-refractivity contribution in [1.29, 1.82) is 0 Å². The molecule has 100 valence electrons. The summed E-state index contributed by atoms with van der Waals surface area (Å²) in [5.74, 6) is -1.20. The second-order valence-electron chi connectivity index (χ2n) is 4.38. The zero-order chi connectivity index (χ0) is 13.1. The van der Waals surface area contributed by atoms with Gasteiger partial charge in [-0.1, -0.05) is 0 Å². The summed E-state index contributed by atoms with van der Waals surface area (Å²) in [4.78, 5) is 2.16. The van der Waals surface area contributed by atoms with Gasteiger partial charge in [-0.25, -0.2) is 8.78 Å². The number of nitrogens with zero attached hydrogens (tertiary/aromatic N) is 1. The van der Waals surface area contributed by atoms with Crippen LogP contribution in [-0.2, 0) is 4.74 Å². The van der Waals surface area contributed by atoms with E-state index in [2.05, 4.69) is 26.1 Å². The van der Waals surface area contributed by atoms with E-state index in [1.54, 1.807) is 0 Å². The number of ether oxygens (including phenoxy) is 1. The highest BCUT2D eigenvalue weighted by Gasteiger charge is 2.18. The molecule has 1 atom stereocenters. The minimum atomic E-state index is -0.606. The van der Waals surface area contributed by atoms with E-state index in [-0.39, 0.29) is 11.8 Å². The van der Waals surface area contributed by atoms with Gasteiger partial charge in [-0.2, -0.15) is 0 Å². The van der Waals surface area contributed by atoms with E-state index >= 15 is 0 Å². The van der Waals surface area contributed by atoms with Crippen LogP contribution in [0.4, 0.5) is 14.5 Å². The van der Waals surface area contributed by atoms with Gasteiger partial charge in [0.25, 0.3) is 0 Å². The summed E-state index contributed by atoms with van der Waals surface area (Å²) in [6, 6.07) is 2.10. The Hall–Kier alpha value is -0.720. The molecule has 1 N–H and O–H groups in total. The first-order chi connectivity index (χ1) is 8.56. The molecule has 0 aliphatic carbocycles. The van der Waals surface area contributed by atoms with E-state index in [1.807, 2.05) is 7.05 Å². The van der Waals surface area contributed by atoms with Crippen molar-refractivity contribution in [3.8, 4) is 0 Å². The van der Waals surface area contributed by atoms with E-state index < -0.39 is 11.6 Å². The van der Waals surface area contributed by atoms with E-state index in [0.717, 1.165) is 19.2 Å². The van der Waals surface area contributed by atoms with Crippen LogP contribution >= 0.6 is 15.9 Å². The molecular weight excluding hydrogens is 306 g/mol. The van der Waals surface area contributed by atoms with E-state index in [4.69, 9.17) is 4.74 Å². The lowest BCUT2D eigenvalue weighted by Crippen LogP contribution is -2.43. The Morgan fingerprint density at radius 2 is 2.28 bits per heavy atom. The Morgan fingerprint density at radius 3 is 2.94 bits per heavy atom. The van der Waals surface area contributed by atoms with Crippen LogP contribution in [0.3, 0.4) is 0 Å². The third kappa shape index (κ3) is 3.40. The third-order valence-electron chi connectivity index (χ3n) is 2.86. The van der Waals surface area contributed by atoms with Crippen molar-refractivity contribution in [3.05, 3.63) is 28.2 Å². The number of likely N-dealkylation sites (N-methyl/N-ethyl adjacent to an activating group) is 1. The number of anilines is 1. The first-order valence-corrected chi connectivity index (χ1v) is 6.54. The highest BCUT2D eigenvalue weighted by atomic mass is 79.9. The number of hydrogen-bond acceptors (Lipinski definition) is 3. The molecule has 0 aromatic heterocycles. The fourth-order valence-electron chi connectivity index (χ4n) is 1.92. The minimum Gasteiger partial charge on any atom is -0.379 e. The number of rotatable bonds is 3. The Kier molecular flexibility index (Phi) is 4.53. The van der Waals surface area contributed by atoms with Crippen LogP contribution in [-0.4, -0.2) is 44.3 Å². The summed E-state index contributed by atoms with van der Waals surface area (Å²) < 4.78 is 32.4. The van der Waals surface area contributed by atoms with Crippen molar-refractivity contribution in [2.75, 3.05) is 38.6 Å². The molecule has 1 aromatic carbocycles. The molecule has 1 heterocycles. The summed E-state index contributed by atoms with van der Waals surface area (Å²) >= 11 is 3.14. The topological polar surface area (TPSA) is 24.5 Å². The van der Waals surface area contributed by atoms with Gasteiger partial charge in [0.15, 0.2) is 0 Å². The predicted octanol–water partition coefficient (Wildman–Crippen LogP) is 2.47. The van der Waals surface area contributed by atoms with Crippen molar-refractivity contribution >= 4 is 21.6 Å². The summed E-state index contributed by atoms with van der Waals surface area (Å²) in [6.07, 6.45) is 0.0140. The van der Waals surface area contributed by atoms with Crippen LogP contribution in [0.1, 0.15) is 0 Å². The highest BCUT2D eigenvalue weighted by molar-refractivity contribution is 9.10. The molecule has 1 fully saturated rings. The smallest absolute Gasteiger partial charge is 0.150 e. The van der Waals surface area contributed by atoms with Gasteiger partial charge in [0.05, 0.1) is 18.4 Å². The molecular formula is C12H15BrF2N2O. The number of benzene rings is 1. The fraction of sp³-hybridized carbons (Fsp3) is 0.500. The molecule has 1 aliphatic heterocycles. The van der Waals surface area contributed by atoms with Gasteiger partial charge >= 0.3 is 0 Å². The number of halogens is 3. The van der Waals surface area contributed by atoms with Crippen LogP contribution in [0.25, 0.3) is 0 Å². The molecule has 2 rings (SSSR count). The lowest BCUT2D eigenvalue weighted by Gasteiger charge is -2.30. The molecule has 0 bridgehead atoms. The maximum Gasteiger partial charge on any atom is 0.150 e. The summed E-state index contributed by atoms with van der Waals surface area (Å²) in [5, 5.41) is 2.96. The molecule has 1 aliphatic rings. The van der Waals surface area contributed by atoms with Crippen LogP contribution < -0.4 is 5.32 Å².